The highest BCUT2D eigenvalue weighted by Crippen LogP contribution is 2.32. The van der Waals surface area contributed by atoms with Crippen LogP contribution in [0.4, 0.5) is 4.39 Å². The maximum atomic E-state index is 13.3. The summed E-state index contributed by atoms with van der Waals surface area (Å²) in [7, 11) is 1.89. The largest absolute Gasteiger partial charge is 0.309 e. The molecule has 0 aliphatic rings. The van der Waals surface area contributed by atoms with Crippen molar-refractivity contribution in [3.8, 4) is 0 Å². The molecule has 0 fully saturated rings. The van der Waals surface area contributed by atoms with Crippen molar-refractivity contribution in [1.29, 1.82) is 0 Å². The van der Waals surface area contributed by atoms with Crippen LogP contribution in [0, 0.1) is 5.82 Å². The Balaban J connectivity index is 2.18. The third-order valence-electron chi connectivity index (χ3n) is 3.54. The second-order valence-corrected chi connectivity index (χ2v) is 5.66. The van der Waals surface area contributed by atoms with Gasteiger partial charge in [-0.2, -0.15) is 0 Å². The van der Waals surface area contributed by atoms with Gasteiger partial charge >= 0.3 is 0 Å². The number of halogens is 2. The molecule has 0 aliphatic carbocycles. The molecular formula is C17H14BrFN2. The summed E-state index contributed by atoms with van der Waals surface area (Å²) in [5, 5.41) is 4.39. The third-order valence-corrected chi connectivity index (χ3v) is 4.22. The van der Waals surface area contributed by atoms with E-state index in [1.807, 2.05) is 37.4 Å². The molecule has 0 radical (unpaired) electrons. The molecule has 1 heterocycles. The Hall–Kier alpha value is -1.78. The van der Waals surface area contributed by atoms with Gasteiger partial charge in [-0.1, -0.05) is 46.3 Å². The molecule has 3 aromatic rings. The minimum Gasteiger partial charge on any atom is -0.309 e. The molecule has 21 heavy (non-hydrogen) atoms. The van der Waals surface area contributed by atoms with E-state index in [0.29, 0.717) is 0 Å². The first kappa shape index (κ1) is 14.2. The lowest BCUT2D eigenvalue weighted by Crippen LogP contribution is -2.18. The monoisotopic (exact) mass is 344 g/mol. The fourth-order valence-corrected chi connectivity index (χ4v) is 3.15. The number of hydrogen-bond acceptors (Lipinski definition) is 2. The number of rotatable bonds is 3. The summed E-state index contributed by atoms with van der Waals surface area (Å²) in [6.45, 7) is 0. The maximum absolute atomic E-state index is 13.3. The highest BCUT2D eigenvalue weighted by molar-refractivity contribution is 9.10. The summed E-state index contributed by atoms with van der Waals surface area (Å²) < 4.78 is 14.1. The lowest BCUT2D eigenvalue weighted by Gasteiger charge is -2.20. The van der Waals surface area contributed by atoms with Crippen LogP contribution in [0.3, 0.4) is 0 Å². The van der Waals surface area contributed by atoms with Gasteiger partial charge in [0.25, 0.3) is 0 Å². The van der Waals surface area contributed by atoms with Gasteiger partial charge in [0.2, 0.25) is 0 Å². The van der Waals surface area contributed by atoms with E-state index in [4.69, 9.17) is 0 Å². The Morgan fingerprint density at radius 1 is 1.10 bits per heavy atom. The van der Waals surface area contributed by atoms with Crippen molar-refractivity contribution >= 4 is 26.8 Å². The predicted molar refractivity (Wildman–Crippen MR) is 86.7 cm³/mol. The van der Waals surface area contributed by atoms with Gasteiger partial charge in [-0.3, -0.25) is 4.98 Å². The zero-order valence-electron chi connectivity index (χ0n) is 11.5. The van der Waals surface area contributed by atoms with Gasteiger partial charge in [-0.15, -0.1) is 0 Å². The van der Waals surface area contributed by atoms with Gasteiger partial charge < -0.3 is 5.32 Å². The first-order valence-corrected chi connectivity index (χ1v) is 7.46. The topological polar surface area (TPSA) is 24.9 Å². The quantitative estimate of drug-likeness (QED) is 0.759. The SMILES string of the molecule is CNC(c1ccc(F)cc1Br)c1cccc2cccnc12. The summed E-state index contributed by atoms with van der Waals surface area (Å²) >= 11 is 3.45. The van der Waals surface area contributed by atoms with Gasteiger partial charge in [0, 0.05) is 16.1 Å². The molecule has 4 heteroatoms. The Bertz CT molecular complexity index is 783. The highest BCUT2D eigenvalue weighted by atomic mass is 79.9. The molecule has 0 saturated carbocycles. The van der Waals surface area contributed by atoms with Crippen LogP contribution >= 0.6 is 15.9 Å². The van der Waals surface area contributed by atoms with E-state index in [-0.39, 0.29) is 11.9 Å². The lowest BCUT2D eigenvalue weighted by molar-refractivity contribution is 0.622. The van der Waals surface area contributed by atoms with Crippen molar-refractivity contribution in [2.75, 3.05) is 7.05 Å². The van der Waals surface area contributed by atoms with E-state index in [1.165, 1.54) is 12.1 Å². The Kier molecular flexibility index (Phi) is 3.99. The van der Waals surface area contributed by atoms with Gasteiger partial charge in [0.15, 0.2) is 0 Å². The summed E-state index contributed by atoms with van der Waals surface area (Å²) in [5.41, 5.74) is 3.01. The number of hydrogen-bond donors (Lipinski definition) is 1. The van der Waals surface area contributed by atoms with E-state index < -0.39 is 0 Å². The Morgan fingerprint density at radius 3 is 2.67 bits per heavy atom. The molecule has 2 nitrogen and oxygen atoms in total. The standard InChI is InChI=1S/C17H14BrFN2/c1-20-17(13-8-7-12(19)10-15(13)18)14-6-2-4-11-5-3-9-21-16(11)14/h2-10,17,20H,1H3. The average molecular weight is 345 g/mol. The fourth-order valence-electron chi connectivity index (χ4n) is 2.57. The molecule has 1 atom stereocenters. The van der Waals surface area contributed by atoms with Crippen molar-refractivity contribution < 1.29 is 4.39 Å². The van der Waals surface area contributed by atoms with Crippen molar-refractivity contribution in [1.82, 2.24) is 10.3 Å². The molecule has 3 rings (SSSR count). The summed E-state index contributed by atoms with van der Waals surface area (Å²) in [6.07, 6.45) is 1.79. The number of pyridine rings is 1. The van der Waals surface area contributed by atoms with Gasteiger partial charge in [-0.25, -0.2) is 4.39 Å². The molecule has 2 aromatic carbocycles. The summed E-state index contributed by atoms with van der Waals surface area (Å²) in [6, 6.07) is 14.8. The van der Waals surface area contributed by atoms with Crippen LogP contribution in [0.25, 0.3) is 10.9 Å². The normalized spacial score (nSPS) is 12.5. The van der Waals surface area contributed by atoms with Crippen molar-refractivity contribution in [3.05, 3.63) is 76.1 Å². The van der Waals surface area contributed by atoms with Gasteiger partial charge in [-0.05, 0) is 36.4 Å². The molecular weight excluding hydrogens is 331 g/mol. The van der Waals surface area contributed by atoms with Crippen molar-refractivity contribution in [2.24, 2.45) is 0 Å². The van der Waals surface area contributed by atoms with Crippen molar-refractivity contribution in [3.63, 3.8) is 0 Å². The molecule has 0 bridgehead atoms. The molecule has 1 aromatic heterocycles. The number of nitrogens with zero attached hydrogens (tertiary/aromatic N) is 1. The van der Waals surface area contributed by atoms with Gasteiger partial charge in [0.05, 0.1) is 11.6 Å². The van der Waals surface area contributed by atoms with E-state index in [0.717, 1.165) is 26.5 Å². The first-order chi connectivity index (χ1) is 10.2. The van der Waals surface area contributed by atoms with Gasteiger partial charge in [0.1, 0.15) is 5.82 Å². The summed E-state index contributed by atoms with van der Waals surface area (Å²) in [5.74, 6) is -0.253. The Morgan fingerprint density at radius 2 is 1.90 bits per heavy atom. The molecule has 1 N–H and O–H groups in total. The summed E-state index contributed by atoms with van der Waals surface area (Å²) in [4.78, 5) is 4.49. The predicted octanol–water partition coefficient (Wildman–Crippen LogP) is 4.45. The minimum absolute atomic E-state index is 0.0569. The van der Waals surface area contributed by atoms with Crippen LogP contribution in [0.15, 0.2) is 59.2 Å². The van der Waals surface area contributed by atoms with Crippen molar-refractivity contribution in [2.45, 2.75) is 6.04 Å². The van der Waals surface area contributed by atoms with Crippen LogP contribution < -0.4 is 5.32 Å². The number of fused-ring (bicyclic) bond motifs is 1. The lowest BCUT2D eigenvalue weighted by atomic mass is 9.96. The number of para-hydroxylation sites is 1. The van der Waals surface area contributed by atoms with Crippen LogP contribution in [-0.2, 0) is 0 Å². The molecule has 0 spiro atoms. The fraction of sp³-hybridized carbons (Fsp3) is 0.118. The zero-order chi connectivity index (χ0) is 14.8. The molecule has 0 saturated heterocycles. The van der Waals surface area contributed by atoms with Crippen LogP contribution in [0.1, 0.15) is 17.2 Å². The number of aromatic nitrogens is 1. The van der Waals surface area contributed by atoms with E-state index >= 15 is 0 Å². The number of benzene rings is 2. The number of nitrogens with one attached hydrogen (secondary N) is 1. The Labute approximate surface area is 131 Å². The molecule has 1 unspecified atom stereocenters. The first-order valence-electron chi connectivity index (χ1n) is 6.66. The van der Waals surface area contributed by atoms with E-state index in [2.05, 4.69) is 26.2 Å². The second-order valence-electron chi connectivity index (χ2n) is 4.81. The molecule has 0 aliphatic heterocycles. The molecule has 106 valence electrons. The second kappa shape index (κ2) is 5.92. The van der Waals surface area contributed by atoms with Crippen LogP contribution in [-0.4, -0.2) is 12.0 Å². The molecule has 0 amide bonds. The van der Waals surface area contributed by atoms with E-state index in [9.17, 15) is 4.39 Å². The zero-order valence-corrected chi connectivity index (χ0v) is 13.1. The minimum atomic E-state index is -0.253. The van der Waals surface area contributed by atoms with E-state index in [1.54, 1.807) is 12.3 Å². The van der Waals surface area contributed by atoms with Crippen LogP contribution in [0.5, 0.6) is 0 Å². The third kappa shape index (κ3) is 2.69. The maximum Gasteiger partial charge on any atom is 0.124 e. The smallest absolute Gasteiger partial charge is 0.124 e. The average Bonchev–Trinajstić information content (AvgIpc) is 2.50. The highest BCUT2D eigenvalue weighted by Gasteiger charge is 2.18. The van der Waals surface area contributed by atoms with Crippen LogP contribution in [0.2, 0.25) is 0 Å².